The molecule has 1 fully saturated rings. The van der Waals surface area contributed by atoms with Crippen LogP contribution in [0.5, 0.6) is 0 Å². The molecule has 2 heterocycles. The van der Waals surface area contributed by atoms with Crippen LogP contribution in [0.3, 0.4) is 0 Å². The van der Waals surface area contributed by atoms with E-state index in [0.29, 0.717) is 19.8 Å². The molecule has 0 bridgehead atoms. The van der Waals surface area contributed by atoms with Crippen molar-refractivity contribution in [1.82, 2.24) is 0 Å². The fourth-order valence-corrected chi connectivity index (χ4v) is 4.14. The van der Waals surface area contributed by atoms with Crippen molar-refractivity contribution in [2.45, 2.75) is 77.4 Å². The summed E-state index contributed by atoms with van der Waals surface area (Å²) in [7, 11) is -1.52. The summed E-state index contributed by atoms with van der Waals surface area (Å²) in [6, 6.07) is 7.24. The van der Waals surface area contributed by atoms with Gasteiger partial charge in [-0.25, -0.2) is 0 Å². The quantitative estimate of drug-likeness (QED) is 0.538. The maximum absolute atomic E-state index is 12.5. The Morgan fingerprint density at radius 2 is 1.75 bits per heavy atom. The summed E-state index contributed by atoms with van der Waals surface area (Å²) in [4.78, 5) is 14.2. The number of aryl methyl sites for hydroxylation is 1. The number of hydrogen-bond donors (Lipinski definition) is 0. The van der Waals surface area contributed by atoms with E-state index in [1.807, 2.05) is 12.1 Å². The first-order valence-corrected chi connectivity index (χ1v) is 14.0. The number of amides is 1. The number of carbonyl (C=O) groups is 1. The van der Waals surface area contributed by atoms with Crippen LogP contribution in [0.2, 0.25) is 25.7 Å². The zero-order valence-electron chi connectivity index (χ0n) is 18.4. The van der Waals surface area contributed by atoms with Gasteiger partial charge in [-0.05, 0) is 57.3 Å². The molecule has 1 aromatic carbocycles. The number of fused-ring (bicyclic) bond motifs is 1. The summed E-state index contributed by atoms with van der Waals surface area (Å²) in [5.74, 6) is 0.129. The zero-order chi connectivity index (χ0) is 20.7. The minimum absolute atomic E-state index is 0.129. The normalized spacial score (nSPS) is 21.2. The van der Waals surface area contributed by atoms with Crippen LogP contribution in [0, 0.1) is 0 Å². The average molecular weight is 403 g/mol. The third kappa shape index (κ3) is 4.53. The number of hydrogen-bond acceptors (Lipinski definition) is 4. The third-order valence-corrected chi connectivity index (χ3v) is 7.75. The molecule has 3 rings (SSSR count). The molecule has 154 valence electrons. The molecule has 1 saturated heterocycles. The summed E-state index contributed by atoms with van der Waals surface area (Å²) in [6.07, 6.45) is 1.25. The average Bonchev–Trinajstić information content (AvgIpc) is 2.79. The van der Waals surface area contributed by atoms with Crippen molar-refractivity contribution in [1.29, 1.82) is 0 Å². The number of ether oxygens (including phenoxy) is 1. The minimum atomic E-state index is -1.14. The van der Waals surface area contributed by atoms with Crippen LogP contribution in [-0.2, 0) is 25.3 Å². The van der Waals surface area contributed by atoms with Gasteiger partial charge in [-0.3, -0.25) is 9.69 Å². The van der Waals surface area contributed by atoms with E-state index in [4.69, 9.17) is 14.0 Å². The molecule has 0 aliphatic carbocycles. The molecule has 1 amide bonds. The van der Waals surface area contributed by atoms with E-state index < -0.39 is 8.07 Å². The monoisotopic (exact) mass is 403 g/mol. The number of rotatable bonds is 6. The Morgan fingerprint density at radius 1 is 1.11 bits per heavy atom. The predicted molar refractivity (Wildman–Crippen MR) is 117 cm³/mol. The number of benzene rings is 1. The molecule has 0 saturated carbocycles. The SMILES string of the molecule is CC1(C)OB(c2ccc3c(c2)CCC(=O)N3COCC[Si](C)(C)C)OC1(C)C. The van der Waals surface area contributed by atoms with E-state index in [-0.39, 0.29) is 24.2 Å². The highest BCUT2D eigenvalue weighted by atomic mass is 28.3. The minimum Gasteiger partial charge on any atom is -0.399 e. The standard InChI is InChI=1S/C21H34BNO4Si/c1-20(2)21(3,4)27-22(26-20)17-9-10-18-16(14-17)8-11-19(24)23(18)15-25-12-13-28(5,6)7/h9-10,14H,8,11-13,15H2,1-7H3. The molecule has 0 radical (unpaired) electrons. The van der Waals surface area contributed by atoms with Crippen molar-refractivity contribution in [2.75, 3.05) is 18.2 Å². The summed E-state index contributed by atoms with van der Waals surface area (Å²) < 4.78 is 18.2. The van der Waals surface area contributed by atoms with E-state index in [1.165, 1.54) is 0 Å². The lowest BCUT2D eigenvalue weighted by atomic mass is 9.77. The Bertz CT molecular complexity index is 728. The molecule has 0 unspecified atom stereocenters. The van der Waals surface area contributed by atoms with Gasteiger partial charge in [0.1, 0.15) is 6.73 Å². The van der Waals surface area contributed by atoms with Crippen LogP contribution in [0.25, 0.3) is 0 Å². The second-order valence-corrected chi connectivity index (χ2v) is 15.8. The Labute approximate surface area is 170 Å². The molecule has 7 heteroatoms. The van der Waals surface area contributed by atoms with E-state index >= 15 is 0 Å². The Hall–Kier alpha value is -1.15. The Kier molecular flexibility index (Phi) is 5.85. The molecule has 2 aliphatic heterocycles. The molecular formula is C21H34BNO4Si. The summed E-state index contributed by atoms with van der Waals surface area (Å²) in [5.41, 5.74) is 2.39. The van der Waals surface area contributed by atoms with Gasteiger partial charge in [-0.2, -0.15) is 0 Å². The molecule has 28 heavy (non-hydrogen) atoms. The first-order valence-electron chi connectivity index (χ1n) is 10.3. The zero-order valence-corrected chi connectivity index (χ0v) is 19.4. The van der Waals surface area contributed by atoms with Gasteiger partial charge in [0.2, 0.25) is 5.91 Å². The van der Waals surface area contributed by atoms with Gasteiger partial charge in [0, 0.05) is 26.8 Å². The highest BCUT2D eigenvalue weighted by molar-refractivity contribution is 6.76. The summed E-state index contributed by atoms with van der Waals surface area (Å²) in [6.45, 7) is 16.3. The van der Waals surface area contributed by atoms with Crippen LogP contribution in [0.15, 0.2) is 18.2 Å². The lowest BCUT2D eigenvalue weighted by Gasteiger charge is -2.32. The largest absolute Gasteiger partial charge is 0.494 e. The van der Waals surface area contributed by atoms with Crippen molar-refractivity contribution in [3.8, 4) is 0 Å². The first kappa shape index (κ1) is 21.6. The molecule has 5 nitrogen and oxygen atoms in total. The van der Waals surface area contributed by atoms with E-state index in [2.05, 4.69) is 53.4 Å². The number of carbonyl (C=O) groups excluding carboxylic acids is 1. The highest BCUT2D eigenvalue weighted by Crippen LogP contribution is 2.37. The summed E-state index contributed by atoms with van der Waals surface area (Å²) >= 11 is 0. The molecular weight excluding hydrogens is 369 g/mol. The maximum Gasteiger partial charge on any atom is 0.494 e. The van der Waals surface area contributed by atoms with Crippen LogP contribution in [-0.4, -0.2) is 45.6 Å². The van der Waals surface area contributed by atoms with Gasteiger partial charge in [0.05, 0.1) is 11.2 Å². The van der Waals surface area contributed by atoms with Gasteiger partial charge in [0.25, 0.3) is 0 Å². The second kappa shape index (κ2) is 7.59. The number of nitrogens with zero attached hydrogens (tertiary/aromatic N) is 1. The van der Waals surface area contributed by atoms with Crippen LogP contribution in [0.4, 0.5) is 5.69 Å². The van der Waals surface area contributed by atoms with Gasteiger partial charge >= 0.3 is 7.12 Å². The summed E-state index contributed by atoms with van der Waals surface area (Å²) in [5, 5.41) is 0. The molecule has 0 spiro atoms. The van der Waals surface area contributed by atoms with E-state index in [1.54, 1.807) is 4.90 Å². The second-order valence-electron chi connectivity index (χ2n) is 10.1. The lowest BCUT2D eigenvalue weighted by Crippen LogP contribution is -2.41. The van der Waals surface area contributed by atoms with Crippen molar-refractivity contribution >= 4 is 32.2 Å². The predicted octanol–water partition coefficient (Wildman–Crippen LogP) is 3.58. The van der Waals surface area contributed by atoms with Crippen LogP contribution < -0.4 is 10.4 Å². The topological polar surface area (TPSA) is 48.0 Å². The van der Waals surface area contributed by atoms with Gasteiger partial charge in [0.15, 0.2) is 0 Å². The number of anilines is 1. The first-order chi connectivity index (χ1) is 12.9. The van der Waals surface area contributed by atoms with Gasteiger partial charge < -0.3 is 14.0 Å². The molecule has 0 N–H and O–H groups in total. The van der Waals surface area contributed by atoms with E-state index in [9.17, 15) is 4.79 Å². The molecule has 0 atom stereocenters. The molecule has 0 aromatic heterocycles. The molecule has 1 aromatic rings. The fraction of sp³-hybridized carbons (Fsp3) is 0.667. The smallest absolute Gasteiger partial charge is 0.399 e. The van der Waals surface area contributed by atoms with Crippen molar-refractivity contribution in [3.63, 3.8) is 0 Å². The van der Waals surface area contributed by atoms with Crippen molar-refractivity contribution in [2.24, 2.45) is 0 Å². The van der Waals surface area contributed by atoms with Gasteiger partial charge in [-0.1, -0.05) is 31.8 Å². The molecule has 2 aliphatic rings. The van der Waals surface area contributed by atoms with Gasteiger partial charge in [-0.15, -0.1) is 0 Å². The third-order valence-electron chi connectivity index (χ3n) is 6.05. The maximum atomic E-state index is 12.5. The Balaban J connectivity index is 1.72. The van der Waals surface area contributed by atoms with Crippen molar-refractivity contribution < 1.29 is 18.8 Å². The van der Waals surface area contributed by atoms with Crippen LogP contribution in [0.1, 0.15) is 39.7 Å². The van der Waals surface area contributed by atoms with E-state index in [0.717, 1.165) is 29.2 Å². The fourth-order valence-electron chi connectivity index (χ4n) is 3.38. The Morgan fingerprint density at radius 3 is 2.36 bits per heavy atom. The highest BCUT2D eigenvalue weighted by Gasteiger charge is 2.51. The lowest BCUT2D eigenvalue weighted by molar-refractivity contribution is -0.120. The van der Waals surface area contributed by atoms with Crippen molar-refractivity contribution in [3.05, 3.63) is 23.8 Å². The van der Waals surface area contributed by atoms with Crippen LogP contribution >= 0.6 is 0 Å².